The summed E-state index contributed by atoms with van der Waals surface area (Å²) >= 11 is 0. The van der Waals surface area contributed by atoms with Gasteiger partial charge in [0.25, 0.3) is 0 Å². The van der Waals surface area contributed by atoms with E-state index in [1.807, 2.05) is 17.9 Å². The van der Waals surface area contributed by atoms with Crippen molar-refractivity contribution in [3.05, 3.63) is 30.1 Å². The lowest BCUT2D eigenvalue weighted by molar-refractivity contribution is 0.255. The first-order chi connectivity index (χ1) is 7.25. The van der Waals surface area contributed by atoms with Gasteiger partial charge in [-0.2, -0.15) is 0 Å². The Morgan fingerprint density at radius 3 is 2.93 bits per heavy atom. The molecular weight excluding hydrogens is 188 g/mol. The summed E-state index contributed by atoms with van der Waals surface area (Å²) in [7, 11) is 1.99. The average Bonchev–Trinajstić information content (AvgIpc) is 2.99. The molecule has 3 rings (SSSR count). The maximum Gasteiger partial charge on any atom is 0.0955 e. The molecule has 0 saturated heterocycles. The van der Waals surface area contributed by atoms with Crippen molar-refractivity contribution in [2.75, 3.05) is 6.61 Å². The third-order valence-corrected chi connectivity index (χ3v) is 3.49. The van der Waals surface area contributed by atoms with Crippen LogP contribution in [0, 0.1) is 0 Å². The van der Waals surface area contributed by atoms with Gasteiger partial charge in [0.15, 0.2) is 0 Å². The molecule has 1 aliphatic carbocycles. The maximum atomic E-state index is 9.36. The van der Waals surface area contributed by atoms with E-state index in [4.69, 9.17) is 0 Å². The van der Waals surface area contributed by atoms with Gasteiger partial charge in [-0.3, -0.25) is 0 Å². The van der Waals surface area contributed by atoms with Gasteiger partial charge in [0.1, 0.15) is 0 Å². The van der Waals surface area contributed by atoms with E-state index in [0.717, 1.165) is 23.9 Å². The van der Waals surface area contributed by atoms with E-state index in [1.54, 1.807) is 0 Å². The maximum absolute atomic E-state index is 9.36. The number of hydrogen-bond donors (Lipinski definition) is 1. The molecule has 2 aromatic rings. The molecule has 0 amide bonds. The molecule has 0 atom stereocenters. The van der Waals surface area contributed by atoms with Crippen LogP contribution in [-0.4, -0.2) is 21.3 Å². The van der Waals surface area contributed by atoms with Crippen molar-refractivity contribution in [3.63, 3.8) is 0 Å². The van der Waals surface area contributed by atoms with E-state index < -0.39 is 0 Å². The van der Waals surface area contributed by atoms with Crippen LogP contribution in [-0.2, 0) is 12.5 Å². The second-order valence-corrected chi connectivity index (χ2v) is 4.50. The quantitative estimate of drug-likeness (QED) is 0.803. The molecule has 0 bridgehead atoms. The summed E-state index contributed by atoms with van der Waals surface area (Å²) in [6, 6.07) is 6.32. The van der Waals surface area contributed by atoms with Gasteiger partial charge in [-0.05, 0) is 30.5 Å². The summed E-state index contributed by atoms with van der Waals surface area (Å²) in [4.78, 5) is 4.34. The SMILES string of the molecule is Cn1cnc2cc(C3(CO)CC3)ccc21. The van der Waals surface area contributed by atoms with Crippen molar-refractivity contribution in [2.45, 2.75) is 18.3 Å². The normalized spacial score (nSPS) is 18.3. The zero-order valence-corrected chi connectivity index (χ0v) is 8.77. The molecule has 78 valence electrons. The molecule has 1 aromatic carbocycles. The number of benzene rings is 1. The van der Waals surface area contributed by atoms with Crippen molar-refractivity contribution in [1.82, 2.24) is 9.55 Å². The van der Waals surface area contributed by atoms with E-state index in [-0.39, 0.29) is 12.0 Å². The minimum Gasteiger partial charge on any atom is -0.395 e. The fourth-order valence-electron chi connectivity index (χ4n) is 2.15. The van der Waals surface area contributed by atoms with E-state index in [9.17, 15) is 5.11 Å². The molecule has 3 nitrogen and oxygen atoms in total. The largest absolute Gasteiger partial charge is 0.395 e. The number of aromatic nitrogens is 2. The third-order valence-electron chi connectivity index (χ3n) is 3.49. The lowest BCUT2D eigenvalue weighted by Gasteiger charge is -2.11. The van der Waals surface area contributed by atoms with E-state index in [2.05, 4.69) is 23.2 Å². The molecule has 0 radical (unpaired) electrons. The number of rotatable bonds is 2. The molecule has 15 heavy (non-hydrogen) atoms. The Morgan fingerprint density at radius 2 is 2.27 bits per heavy atom. The Labute approximate surface area is 88.4 Å². The van der Waals surface area contributed by atoms with Crippen LogP contribution in [0.4, 0.5) is 0 Å². The second-order valence-electron chi connectivity index (χ2n) is 4.50. The molecule has 1 saturated carbocycles. The molecule has 1 aromatic heterocycles. The van der Waals surface area contributed by atoms with Gasteiger partial charge in [-0.25, -0.2) is 4.98 Å². The molecule has 1 aliphatic rings. The van der Waals surface area contributed by atoms with Crippen molar-refractivity contribution in [2.24, 2.45) is 7.05 Å². The van der Waals surface area contributed by atoms with E-state index >= 15 is 0 Å². The van der Waals surface area contributed by atoms with Gasteiger partial charge in [0.05, 0.1) is 24.0 Å². The van der Waals surface area contributed by atoms with E-state index in [1.165, 1.54) is 5.56 Å². The Balaban J connectivity index is 2.14. The van der Waals surface area contributed by atoms with Gasteiger partial charge < -0.3 is 9.67 Å². The standard InChI is InChI=1S/C12H14N2O/c1-14-8-13-10-6-9(2-3-11(10)14)12(7-15)4-5-12/h2-3,6,8,15H,4-5,7H2,1H3. The lowest BCUT2D eigenvalue weighted by Crippen LogP contribution is -2.11. The van der Waals surface area contributed by atoms with Crippen LogP contribution in [0.1, 0.15) is 18.4 Å². The summed E-state index contributed by atoms with van der Waals surface area (Å²) in [5.41, 5.74) is 3.45. The van der Waals surface area contributed by atoms with Gasteiger partial charge in [0.2, 0.25) is 0 Å². The summed E-state index contributed by atoms with van der Waals surface area (Å²) in [5, 5.41) is 9.36. The molecule has 0 aliphatic heterocycles. The molecule has 0 unspecified atom stereocenters. The Bertz CT molecular complexity index is 511. The Morgan fingerprint density at radius 1 is 1.47 bits per heavy atom. The van der Waals surface area contributed by atoms with Crippen molar-refractivity contribution < 1.29 is 5.11 Å². The van der Waals surface area contributed by atoms with Gasteiger partial charge in [-0.15, -0.1) is 0 Å². The van der Waals surface area contributed by atoms with Crippen LogP contribution >= 0.6 is 0 Å². The fraction of sp³-hybridized carbons (Fsp3) is 0.417. The van der Waals surface area contributed by atoms with Crippen molar-refractivity contribution >= 4 is 11.0 Å². The molecule has 0 spiro atoms. The highest BCUT2D eigenvalue weighted by Gasteiger charge is 2.43. The molecule has 1 N–H and O–H groups in total. The third kappa shape index (κ3) is 1.20. The van der Waals surface area contributed by atoms with Crippen LogP contribution in [0.5, 0.6) is 0 Å². The number of imidazole rings is 1. The van der Waals surface area contributed by atoms with Crippen molar-refractivity contribution in [1.29, 1.82) is 0 Å². The van der Waals surface area contributed by atoms with Crippen LogP contribution in [0.15, 0.2) is 24.5 Å². The Hall–Kier alpha value is -1.35. The lowest BCUT2D eigenvalue weighted by atomic mass is 9.97. The number of aryl methyl sites for hydroxylation is 1. The molecular formula is C12H14N2O. The highest BCUT2D eigenvalue weighted by Crippen LogP contribution is 2.48. The minimum atomic E-state index is 0.0473. The van der Waals surface area contributed by atoms with Crippen molar-refractivity contribution in [3.8, 4) is 0 Å². The van der Waals surface area contributed by atoms with Crippen LogP contribution in [0.25, 0.3) is 11.0 Å². The molecule has 3 heteroatoms. The highest BCUT2D eigenvalue weighted by molar-refractivity contribution is 5.76. The van der Waals surface area contributed by atoms with E-state index in [0.29, 0.717) is 0 Å². The highest BCUT2D eigenvalue weighted by atomic mass is 16.3. The smallest absolute Gasteiger partial charge is 0.0955 e. The summed E-state index contributed by atoms with van der Waals surface area (Å²) in [6.45, 7) is 0.255. The van der Waals surface area contributed by atoms with Crippen LogP contribution < -0.4 is 0 Å². The number of aliphatic hydroxyl groups is 1. The molecule has 1 heterocycles. The first-order valence-electron chi connectivity index (χ1n) is 5.28. The summed E-state index contributed by atoms with van der Waals surface area (Å²) < 4.78 is 2.01. The van der Waals surface area contributed by atoms with Crippen LogP contribution in [0.3, 0.4) is 0 Å². The average molecular weight is 202 g/mol. The van der Waals surface area contributed by atoms with Crippen LogP contribution in [0.2, 0.25) is 0 Å². The number of hydrogen-bond acceptors (Lipinski definition) is 2. The number of aliphatic hydroxyl groups excluding tert-OH is 1. The predicted molar refractivity (Wildman–Crippen MR) is 58.7 cm³/mol. The van der Waals surface area contributed by atoms with Gasteiger partial charge >= 0.3 is 0 Å². The first kappa shape index (κ1) is 8.92. The first-order valence-corrected chi connectivity index (χ1v) is 5.28. The topological polar surface area (TPSA) is 38.0 Å². The number of nitrogens with zero attached hydrogens (tertiary/aromatic N) is 2. The monoisotopic (exact) mass is 202 g/mol. The minimum absolute atomic E-state index is 0.0473. The zero-order chi connectivity index (χ0) is 10.5. The fourth-order valence-corrected chi connectivity index (χ4v) is 2.15. The number of fused-ring (bicyclic) bond motifs is 1. The summed E-state index contributed by atoms with van der Waals surface area (Å²) in [6.07, 6.45) is 4.02. The zero-order valence-electron chi connectivity index (χ0n) is 8.77. The van der Waals surface area contributed by atoms with Gasteiger partial charge in [0, 0.05) is 12.5 Å². The second kappa shape index (κ2) is 2.83. The Kier molecular flexibility index (Phi) is 1.68. The van der Waals surface area contributed by atoms with Gasteiger partial charge in [-0.1, -0.05) is 6.07 Å². The molecule has 1 fully saturated rings. The predicted octanol–water partition coefficient (Wildman–Crippen LogP) is 1.60. The summed E-state index contributed by atoms with van der Waals surface area (Å²) in [5.74, 6) is 0.